The van der Waals surface area contributed by atoms with Gasteiger partial charge in [0.1, 0.15) is 6.10 Å². The average Bonchev–Trinajstić information content (AvgIpc) is 2.52. The lowest BCUT2D eigenvalue weighted by Crippen LogP contribution is -2.20. The summed E-state index contributed by atoms with van der Waals surface area (Å²) in [4.78, 5) is 24.8. The number of esters is 1. The minimum Gasteiger partial charge on any atom is -0.459 e. The van der Waals surface area contributed by atoms with E-state index in [9.17, 15) is 9.59 Å². The van der Waals surface area contributed by atoms with E-state index in [0.717, 1.165) is 30.4 Å². The number of carbonyl (C=O) groups excluding carboxylic acids is 2. The summed E-state index contributed by atoms with van der Waals surface area (Å²) in [5.74, 6) is 0.140. The summed E-state index contributed by atoms with van der Waals surface area (Å²) in [6.07, 6.45) is 12.6. The maximum atomic E-state index is 12.6. The SMILES string of the molecule is CC1=C2C(=O)O[C@@H](C)C/C=C\C(=O)[C@@H](C)[C@@H](C)C/C=C/C2=CCC1. The Hall–Kier alpha value is -1.90. The van der Waals surface area contributed by atoms with Crippen molar-refractivity contribution in [2.45, 2.75) is 59.5 Å². The van der Waals surface area contributed by atoms with E-state index in [1.165, 1.54) is 0 Å². The molecule has 0 aromatic carbocycles. The molecule has 3 atom stereocenters. The molecule has 130 valence electrons. The molecule has 0 N–H and O–H groups in total. The van der Waals surface area contributed by atoms with Crippen molar-refractivity contribution in [3.05, 3.63) is 47.1 Å². The molecule has 24 heavy (non-hydrogen) atoms. The van der Waals surface area contributed by atoms with E-state index in [1.807, 2.05) is 32.9 Å². The summed E-state index contributed by atoms with van der Waals surface area (Å²) >= 11 is 0. The highest BCUT2D eigenvalue weighted by Crippen LogP contribution is 2.28. The predicted octanol–water partition coefficient (Wildman–Crippen LogP) is 4.70. The minimum absolute atomic E-state index is 0.0104. The van der Waals surface area contributed by atoms with Crippen LogP contribution in [0.15, 0.2) is 47.1 Å². The van der Waals surface area contributed by atoms with Crippen molar-refractivity contribution in [3.63, 3.8) is 0 Å². The number of carbonyl (C=O) groups is 2. The third kappa shape index (κ3) is 4.56. The quantitative estimate of drug-likeness (QED) is 0.605. The molecule has 1 aliphatic carbocycles. The van der Waals surface area contributed by atoms with E-state index in [0.29, 0.717) is 12.0 Å². The van der Waals surface area contributed by atoms with Gasteiger partial charge in [-0.1, -0.05) is 43.7 Å². The van der Waals surface area contributed by atoms with E-state index >= 15 is 0 Å². The molecule has 2 rings (SSSR count). The fraction of sp³-hybridized carbons (Fsp3) is 0.524. The Morgan fingerprint density at radius 1 is 1.04 bits per heavy atom. The van der Waals surface area contributed by atoms with E-state index in [4.69, 9.17) is 4.74 Å². The highest BCUT2D eigenvalue weighted by molar-refractivity contribution is 5.95. The zero-order valence-electron chi connectivity index (χ0n) is 15.2. The molecular formula is C21H28O3. The zero-order valence-corrected chi connectivity index (χ0v) is 15.2. The first-order chi connectivity index (χ1) is 11.4. The van der Waals surface area contributed by atoms with Crippen LogP contribution in [0.2, 0.25) is 0 Å². The summed E-state index contributed by atoms with van der Waals surface area (Å²) in [6.45, 7) is 7.95. The van der Waals surface area contributed by atoms with Crippen molar-refractivity contribution in [1.82, 2.24) is 0 Å². The lowest BCUT2D eigenvalue weighted by Gasteiger charge is -2.20. The first kappa shape index (κ1) is 18.4. The molecule has 0 radical (unpaired) electrons. The number of cyclic esters (lactones) is 1. The fourth-order valence-corrected chi connectivity index (χ4v) is 3.07. The molecule has 0 saturated carbocycles. The second kappa shape index (κ2) is 8.27. The molecule has 3 nitrogen and oxygen atoms in total. The molecule has 0 spiro atoms. The molecule has 0 bridgehead atoms. The molecule has 3 heteroatoms. The third-order valence-corrected chi connectivity index (χ3v) is 4.97. The van der Waals surface area contributed by atoms with Crippen LogP contribution in [0, 0.1) is 11.8 Å². The van der Waals surface area contributed by atoms with Gasteiger partial charge >= 0.3 is 5.97 Å². The maximum Gasteiger partial charge on any atom is 0.338 e. The minimum atomic E-state index is -0.256. The Morgan fingerprint density at radius 2 is 1.75 bits per heavy atom. The van der Waals surface area contributed by atoms with Crippen LogP contribution < -0.4 is 0 Å². The van der Waals surface area contributed by atoms with Gasteiger partial charge in [0.05, 0.1) is 5.57 Å². The van der Waals surface area contributed by atoms with Crippen molar-refractivity contribution in [3.8, 4) is 0 Å². The first-order valence-electron chi connectivity index (χ1n) is 8.88. The van der Waals surface area contributed by atoms with Crippen molar-refractivity contribution < 1.29 is 14.3 Å². The van der Waals surface area contributed by atoms with Crippen molar-refractivity contribution in [2.75, 3.05) is 0 Å². The van der Waals surface area contributed by atoms with Gasteiger partial charge < -0.3 is 4.74 Å². The monoisotopic (exact) mass is 328 g/mol. The second-order valence-electron chi connectivity index (χ2n) is 7.01. The van der Waals surface area contributed by atoms with Gasteiger partial charge in [0.2, 0.25) is 0 Å². The van der Waals surface area contributed by atoms with Gasteiger partial charge in [-0.05, 0) is 50.7 Å². The molecular weight excluding hydrogens is 300 g/mol. The highest BCUT2D eigenvalue weighted by atomic mass is 16.5. The van der Waals surface area contributed by atoms with Crippen molar-refractivity contribution >= 4 is 11.8 Å². The predicted molar refractivity (Wildman–Crippen MR) is 96.4 cm³/mol. The van der Waals surface area contributed by atoms with Gasteiger partial charge in [0, 0.05) is 12.3 Å². The van der Waals surface area contributed by atoms with Gasteiger partial charge in [-0.25, -0.2) is 4.79 Å². The Labute approximate surface area is 145 Å². The summed E-state index contributed by atoms with van der Waals surface area (Å²) in [7, 11) is 0. The van der Waals surface area contributed by atoms with Crippen LogP contribution in [0.25, 0.3) is 0 Å². The van der Waals surface area contributed by atoms with Gasteiger partial charge in [0.25, 0.3) is 0 Å². The maximum absolute atomic E-state index is 12.6. The standard InChI is InChI=1S/C21H28O3/c1-14-8-5-11-18-12-6-9-15(2)20(18)21(23)24-16(3)10-7-13-19(22)17(14)4/h5,7,11-14,16-17H,6,8-10H2,1-4H3/b11-5+,13-7-/t14-,16-,17-/m0/s1. The van der Waals surface area contributed by atoms with E-state index in [2.05, 4.69) is 19.1 Å². The van der Waals surface area contributed by atoms with Gasteiger partial charge in [-0.2, -0.15) is 0 Å². The smallest absolute Gasteiger partial charge is 0.338 e. The van der Waals surface area contributed by atoms with E-state index in [1.54, 1.807) is 6.08 Å². The largest absolute Gasteiger partial charge is 0.459 e. The van der Waals surface area contributed by atoms with Crippen molar-refractivity contribution in [1.29, 1.82) is 0 Å². The van der Waals surface area contributed by atoms with Gasteiger partial charge in [-0.3, -0.25) is 4.79 Å². The van der Waals surface area contributed by atoms with E-state index < -0.39 is 0 Å². The van der Waals surface area contributed by atoms with Crippen LogP contribution in [-0.2, 0) is 14.3 Å². The Balaban J connectivity index is 2.31. The van der Waals surface area contributed by atoms with Crippen LogP contribution in [0.4, 0.5) is 0 Å². The van der Waals surface area contributed by atoms with Crippen LogP contribution in [0.5, 0.6) is 0 Å². The van der Waals surface area contributed by atoms with Gasteiger partial charge in [0.15, 0.2) is 5.78 Å². The lowest BCUT2D eigenvalue weighted by atomic mass is 9.87. The molecule has 1 aliphatic heterocycles. The molecule has 0 fully saturated rings. The normalized spacial score (nSPS) is 32.3. The van der Waals surface area contributed by atoms with Crippen molar-refractivity contribution in [2.24, 2.45) is 11.8 Å². The molecule has 0 amide bonds. The average molecular weight is 328 g/mol. The summed E-state index contributed by atoms with van der Waals surface area (Å²) in [6, 6.07) is 0. The molecule has 0 aromatic heterocycles. The van der Waals surface area contributed by atoms with Crippen LogP contribution in [0.1, 0.15) is 53.4 Å². The second-order valence-corrected chi connectivity index (χ2v) is 7.01. The van der Waals surface area contributed by atoms with E-state index in [-0.39, 0.29) is 29.7 Å². The molecule has 0 unspecified atom stereocenters. The number of rotatable bonds is 0. The number of hydrogen-bond donors (Lipinski definition) is 0. The highest BCUT2D eigenvalue weighted by Gasteiger charge is 2.23. The number of allylic oxidation sites excluding steroid dienone is 5. The molecule has 2 aliphatic rings. The fourth-order valence-electron chi connectivity index (χ4n) is 3.07. The number of ether oxygens (including phenoxy) is 1. The number of fused-ring (bicyclic) bond motifs is 1. The zero-order chi connectivity index (χ0) is 17.7. The summed E-state index contributed by atoms with van der Waals surface area (Å²) < 4.78 is 5.58. The Bertz CT molecular complexity index is 619. The lowest BCUT2D eigenvalue weighted by molar-refractivity contribution is -0.143. The number of hydrogen-bond acceptors (Lipinski definition) is 3. The molecule has 0 saturated heterocycles. The van der Waals surface area contributed by atoms with Crippen LogP contribution in [-0.4, -0.2) is 17.9 Å². The van der Waals surface area contributed by atoms with Crippen LogP contribution >= 0.6 is 0 Å². The van der Waals surface area contributed by atoms with Gasteiger partial charge in [-0.15, -0.1) is 0 Å². The summed E-state index contributed by atoms with van der Waals surface area (Å²) in [5.41, 5.74) is 2.76. The molecule has 0 aromatic rings. The Kier molecular flexibility index (Phi) is 6.36. The molecule has 1 heterocycles. The topological polar surface area (TPSA) is 43.4 Å². The first-order valence-corrected chi connectivity index (χ1v) is 8.88. The Morgan fingerprint density at radius 3 is 2.50 bits per heavy atom. The van der Waals surface area contributed by atoms with Crippen LogP contribution in [0.3, 0.4) is 0 Å². The summed E-state index contributed by atoms with van der Waals surface area (Å²) in [5, 5.41) is 0. The third-order valence-electron chi connectivity index (χ3n) is 4.97. The number of ketones is 1.